The van der Waals surface area contributed by atoms with Crippen molar-refractivity contribution in [3.8, 4) is 0 Å². The van der Waals surface area contributed by atoms with Gasteiger partial charge in [0.1, 0.15) is 5.76 Å². The number of hydrogen-bond acceptors (Lipinski definition) is 2. The predicted molar refractivity (Wildman–Crippen MR) is 33.8 cm³/mol. The molecule has 1 rings (SSSR count). The van der Waals surface area contributed by atoms with Gasteiger partial charge in [-0.05, 0) is 18.5 Å². The van der Waals surface area contributed by atoms with E-state index in [2.05, 4.69) is 0 Å². The van der Waals surface area contributed by atoms with Crippen molar-refractivity contribution in [1.82, 2.24) is 0 Å². The fourth-order valence-electron chi connectivity index (χ4n) is 0.576. The molecule has 2 nitrogen and oxygen atoms in total. The Morgan fingerprint density at radius 3 is 2.67 bits per heavy atom. The van der Waals surface area contributed by atoms with Gasteiger partial charge in [-0.1, -0.05) is 0 Å². The Morgan fingerprint density at radius 2 is 2.44 bits per heavy atom. The van der Waals surface area contributed by atoms with Gasteiger partial charge in [0.2, 0.25) is 0 Å². The third-order valence-corrected chi connectivity index (χ3v) is 1.24. The molecule has 0 unspecified atom stereocenters. The van der Waals surface area contributed by atoms with Crippen molar-refractivity contribution in [2.75, 3.05) is 0 Å². The maximum atomic E-state index is 10.1. The highest BCUT2D eigenvalue weighted by atomic mass is 35.5. The average Bonchev–Trinajstić information content (AvgIpc) is 2.10. The second kappa shape index (κ2) is 2.23. The van der Waals surface area contributed by atoms with Gasteiger partial charge < -0.3 is 4.42 Å². The Hall–Kier alpha value is -0.760. The van der Waals surface area contributed by atoms with E-state index in [0.29, 0.717) is 17.6 Å². The van der Waals surface area contributed by atoms with Gasteiger partial charge in [-0.15, -0.1) is 0 Å². The van der Waals surface area contributed by atoms with Crippen LogP contribution in [0.25, 0.3) is 0 Å². The van der Waals surface area contributed by atoms with Gasteiger partial charge in [-0.3, -0.25) is 4.79 Å². The summed E-state index contributed by atoms with van der Waals surface area (Å²) in [6, 6.07) is 1.49. The molecule has 0 atom stereocenters. The van der Waals surface area contributed by atoms with E-state index in [0.717, 1.165) is 0 Å². The second-order valence-electron chi connectivity index (χ2n) is 1.68. The Bertz CT molecular complexity index is 227. The van der Waals surface area contributed by atoms with E-state index in [9.17, 15) is 4.79 Å². The number of carbonyl (C=O) groups is 1. The molecule has 0 amide bonds. The highest BCUT2D eigenvalue weighted by Gasteiger charge is 2.02. The third kappa shape index (κ3) is 1.13. The van der Waals surface area contributed by atoms with Crippen LogP contribution in [0.4, 0.5) is 0 Å². The molecular formula is C6H5ClO2. The summed E-state index contributed by atoms with van der Waals surface area (Å²) >= 11 is 5.42. The van der Waals surface area contributed by atoms with Gasteiger partial charge in [0.15, 0.2) is 11.5 Å². The van der Waals surface area contributed by atoms with Crippen molar-refractivity contribution in [2.24, 2.45) is 0 Å². The van der Waals surface area contributed by atoms with Crippen LogP contribution in [0.15, 0.2) is 10.5 Å². The van der Waals surface area contributed by atoms with Gasteiger partial charge in [0.25, 0.3) is 0 Å². The molecule has 0 saturated heterocycles. The van der Waals surface area contributed by atoms with Crippen molar-refractivity contribution in [3.63, 3.8) is 0 Å². The molecule has 0 aromatic carbocycles. The molecule has 48 valence electrons. The van der Waals surface area contributed by atoms with E-state index in [4.69, 9.17) is 16.0 Å². The van der Waals surface area contributed by atoms with Crippen LogP contribution in [-0.4, -0.2) is 6.29 Å². The number of aryl methyl sites for hydroxylation is 1. The zero-order valence-electron chi connectivity index (χ0n) is 4.85. The minimum Gasteiger partial charge on any atom is -0.449 e. The normalized spacial score (nSPS) is 9.56. The molecule has 3 heteroatoms. The van der Waals surface area contributed by atoms with E-state index in [-0.39, 0.29) is 5.22 Å². The molecular weight excluding hydrogens is 140 g/mol. The number of carbonyl (C=O) groups excluding carboxylic acids is 1. The zero-order valence-corrected chi connectivity index (χ0v) is 5.61. The summed E-state index contributed by atoms with van der Waals surface area (Å²) in [6.45, 7) is 1.69. The molecule has 0 spiro atoms. The Labute approximate surface area is 57.4 Å². The molecule has 0 aliphatic heterocycles. The van der Waals surface area contributed by atoms with Crippen molar-refractivity contribution in [2.45, 2.75) is 6.92 Å². The van der Waals surface area contributed by atoms with E-state index in [1.165, 1.54) is 6.07 Å². The zero-order chi connectivity index (χ0) is 6.85. The van der Waals surface area contributed by atoms with E-state index in [1.54, 1.807) is 6.92 Å². The van der Waals surface area contributed by atoms with Crippen LogP contribution in [-0.2, 0) is 0 Å². The lowest BCUT2D eigenvalue weighted by Gasteiger charge is -1.79. The number of furan rings is 1. The van der Waals surface area contributed by atoms with Gasteiger partial charge >= 0.3 is 0 Å². The number of halogens is 1. The van der Waals surface area contributed by atoms with Crippen molar-refractivity contribution >= 4 is 17.9 Å². The standard InChI is InChI=1S/C6H5ClO2/c1-4-5(3-8)2-6(7)9-4/h2-3H,1H3. The largest absolute Gasteiger partial charge is 0.449 e. The summed E-state index contributed by atoms with van der Waals surface area (Å²) in [6.07, 6.45) is 0.713. The molecule has 0 fully saturated rings. The summed E-state index contributed by atoms with van der Waals surface area (Å²) in [4.78, 5) is 10.1. The van der Waals surface area contributed by atoms with Gasteiger partial charge in [-0.25, -0.2) is 0 Å². The van der Waals surface area contributed by atoms with Gasteiger partial charge in [0, 0.05) is 6.07 Å². The third-order valence-electron chi connectivity index (χ3n) is 1.05. The number of hydrogen-bond donors (Lipinski definition) is 0. The van der Waals surface area contributed by atoms with E-state index in [1.807, 2.05) is 0 Å². The topological polar surface area (TPSA) is 30.2 Å². The monoisotopic (exact) mass is 144 g/mol. The second-order valence-corrected chi connectivity index (χ2v) is 2.05. The molecule has 0 aliphatic rings. The first-order valence-corrected chi connectivity index (χ1v) is 2.83. The fourth-order valence-corrected chi connectivity index (χ4v) is 0.809. The maximum Gasteiger partial charge on any atom is 0.194 e. The van der Waals surface area contributed by atoms with Crippen LogP contribution in [0.3, 0.4) is 0 Å². The van der Waals surface area contributed by atoms with Crippen LogP contribution < -0.4 is 0 Å². The minimum absolute atomic E-state index is 0.259. The lowest BCUT2D eigenvalue weighted by molar-refractivity contribution is 0.112. The Kier molecular flexibility index (Phi) is 1.58. The average molecular weight is 145 g/mol. The molecule has 0 saturated carbocycles. The van der Waals surface area contributed by atoms with Crippen molar-refractivity contribution in [1.29, 1.82) is 0 Å². The van der Waals surface area contributed by atoms with Crippen molar-refractivity contribution < 1.29 is 9.21 Å². The summed E-state index contributed by atoms with van der Waals surface area (Å²) in [7, 11) is 0. The quantitative estimate of drug-likeness (QED) is 0.565. The smallest absolute Gasteiger partial charge is 0.194 e. The SMILES string of the molecule is Cc1oc(Cl)cc1C=O. The number of aldehydes is 1. The molecule has 9 heavy (non-hydrogen) atoms. The number of rotatable bonds is 1. The Morgan fingerprint density at radius 1 is 1.78 bits per heavy atom. The Balaban J connectivity index is 3.15. The van der Waals surface area contributed by atoms with Crippen molar-refractivity contribution in [3.05, 3.63) is 22.6 Å². The summed E-state index contributed by atoms with van der Waals surface area (Å²) < 4.78 is 4.84. The molecule has 1 aromatic rings. The molecule has 0 radical (unpaired) electrons. The van der Waals surface area contributed by atoms with E-state index >= 15 is 0 Å². The molecule has 1 aromatic heterocycles. The fraction of sp³-hybridized carbons (Fsp3) is 0.167. The summed E-state index contributed by atoms with van der Waals surface area (Å²) in [5.74, 6) is 0.565. The molecule has 0 aliphatic carbocycles. The first-order valence-electron chi connectivity index (χ1n) is 2.45. The van der Waals surface area contributed by atoms with Crippen LogP contribution in [0.2, 0.25) is 5.22 Å². The van der Waals surface area contributed by atoms with Crippen LogP contribution in [0.1, 0.15) is 16.1 Å². The minimum atomic E-state index is 0.259. The van der Waals surface area contributed by atoms with E-state index < -0.39 is 0 Å². The lowest BCUT2D eigenvalue weighted by atomic mass is 10.3. The first kappa shape index (κ1) is 6.36. The molecule has 0 bridgehead atoms. The summed E-state index contributed by atoms with van der Waals surface area (Å²) in [5, 5.41) is 0.259. The van der Waals surface area contributed by atoms with Crippen LogP contribution in [0.5, 0.6) is 0 Å². The van der Waals surface area contributed by atoms with Crippen LogP contribution >= 0.6 is 11.6 Å². The molecule has 0 N–H and O–H groups in total. The lowest BCUT2D eigenvalue weighted by Crippen LogP contribution is -1.74. The highest BCUT2D eigenvalue weighted by Crippen LogP contribution is 2.16. The predicted octanol–water partition coefficient (Wildman–Crippen LogP) is 2.05. The first-order chi connectivity index (χ1) is 4.24. The van der Waals surface area contributed by atoms with Crippen LogP contribution in [0, 0.1) is 6.92 Å². The van der Waals surface area contributed by atoms with Gasteiger partial charge in [0.05, 0.1) is 5.56 Å². The maximum absolute atomic E-state index is 10.1. The summed E-state index contributed by atoms with van der Waals surface area (Å²) in [5.41, 5.74) is 0.514. The van der Waals surface area contributed by atoms with Gasteiger partial charge in [-0.2, -0.15) is 0 Å². The highest BCUT2D eigenvalue weighted by molar-refractivity contribution is 6.29. The molecule has 1 heterocycles.